The minimum Gasteiger partial charge on any atom is -0.491 e. The van der Waals surface area contributed by atoms with Crippen molar-refractivity contribution in [2.24, 2.45) is 23.5 Å². The Hall–Kier alpha value is -5.63. The van der Waals surface area contributed by atoms with Crippen molar-refractivity contribution < 1.29 is 55.3 Å². The number of hydrogen-bond acceptors (Lipinski definition) is 12. The van der Waals surface area contributed by atoms with E-state index in [-0.39, 0.29) is 43.2 Å². The second kappa shape index (κ2) is 18.8. The Balaban J connectivity index is 0.000000898. The summed E-state index contributed by atoms with van der Waals surface area (Å²) in [4.78, 5) is 66.5. The topological polar surface area (TPSA) is 233 Å². The Morgan fingerprint density at radius 1 is 1.03 bits per heavy atom. The molecule has 2 aliphatic carbocycles. The van der Waals surface area contributed by atoms with Crippen LogP contribution in [0.1, 0.15) is 79.6 Å². The number of allylic oxidation sites excluding steroid dienone is 1. The third kappa shape index (κ3) is 11.2. The summed E-state index contributed by atoms with van der Waals surface area (Å²) in [7, 11) is -3.97. The molecule has 2 aromatic heterocycles. The molecule has 1 unspecified atom stereocenters. The Labute approximate surface area is 369 Å². The fourth-order valence-corrected chi connectivity index (χ4v) is 9.18. The van der Waals surface area contributed by atoms with E-state index in [1.54, 1.807) is 37.6 Å². The molecule has 7 atom stereocenters. The first kappa shape index (κ1) is 47.8. The number of pyridine rings is 1. The Bertz CT molecular complexity index is 2350. The number of carboxylic acids is 1. The van der Waals surface area contributed by atoms with Crippen LogP contribution in [0.4, 0.5) is 13.2 Å². The number of carbonyl (C=O) groups is 4. The first-order valence-corrected chi connectivity index (χ1v) is 22.6. The van der Waals surface area contributed by atoms with Gasteiger partial charge in [0.15, 0.2) is 0 Å². The number of nitrogens with zero attached hydrogens (tertiary/aromatic N) is 4. The molecule has 0 spiro atoms. The third-order valence-corrected chi connectivity index (χ3v) is 14.2. The fraction of sp³-hybridized carbons (Fsp3) is 0.523. The van der Waals surface area contributed by atoms with Crippen LogP contribution in [0.25, 0.3) is 22.6 Å². The number of sulfonamides is 1. The number of carbonyl (C=O) groups excluding carboxylic acids is 3. The van der Waals surface area contributed by atoms with E-state index in [4.69, 9.17) is 30.1 Å². The lowest BCUT2D eigenvalue weighted by atomic mass is 9.88. The van der Waals surface area contributed by atoms with Gasteiger partial charge in [-0.1, -0.05) is 26.0 Å². The molecule has 5 N–H and O–H groups in total. The van der Waals surface area contributed by atoms with Crippen molar-refractivity contribution in [2.45, 2.75) is 120 Å². The maximum atomic E-state index is 14.4. The van der Waals surface area contributed by atoms with Crippen LogP contribution in [0.3, 0.4) is 0 Å². The summed E-state index contributed by atoms with van der Waals surface area (Å²) in [5.74, 6) is -3.64. The maximum absolute atomic E-state index is 14.4. The van der Waals surface area contributed by atoms with Gasteiger partial charge in [-0.25, -0.2) is 18.2 Å². The molecule has 3 amide bonds. The van der Waals surface area contributed by atoms with Crippen LogP contribution in [0, 0.1) is 17.8 Å². The number of carboxylic acid groups (broad SMARTS) is 1. The highest BCUT2D eigenvalue weighted by Crippen LogP contribution is 2.47. The normalized spacial score (nSPS) is 27.2. The summed E-state index contributed by atoms with van der Waals surface area (Å²) >= 11 is 0. The van der Waals surface area contributed by atoms with Crippen LogP contribution in [-0.2, 0) is 29.2 Å². The average Bonchev–Trinajstić information content (AvgIpc) is 4.12. The molecule has 1 aromatic carbocycles. The van der Waals surface area contributed by atoms with E-state index in [1.807, 2.05) is 57.2 Å². The van der Waals surface area contributed by atoms with Gasteiger partial charge in [0.2, 0.25) is 21.8 Å². The predicted molar refractivity (Wildman–Crippen MR) is 228 cm³/mol. The fourth-order valence-electron chi connectivity index (χ4n) is 7.87. The van der Waals surface area contributed by atoms with Gasteiger partial charge in [0.05, 0.1) is 41.0 Å². The predicted octanol–water partition coefficient (Wildman–Crippen LogP) is 5.19. The largest absolute Gasteiger partial charge is 0.491 e. The van der Waals surface area contributed by atoms with Gasteiger partial charge in [0.25, 0.3) is 5.91 Å². The first-order chi connectivity index (χ1) is 30.0. The molecule has 2 aliphatic heterocycles. The quantitative estimate of drug-likeness (QED) is 0.203. The smallest absolute Gasteiger partial charge is 0.490 e. The first-order valence-electron chi connectivity index (χ1n) is 21.2. The number of aliphatic carboxylic acids is 1. The number of hydrogen-bond donors (Lipinski definition) is 4. The molecule has 4 aliphatic rings. The van der Waals surface area contributed by atoms with Gasteiger partial charge < -0.3 is 30.5 Å². The van der Waals surface area contributed by atoms with E-state index >= 15 is 0 Å². The van der Waals surface area contributed by atoms with Gasteiger partial charge in [-0.05, 0) is 95.4 Å². The van der Waals surface area contributed by atoms with Gasteiger partial charge >= 0.3 is 12.1 Å². The van der Waals surface area contributed by atoms with Crippen LogP contribution >= 0.6 is 0 Å². The number of alkyl halides is 3. The van der Waals surface area contributed by atoms with E-state index in [0.29, 0.717) is 42.1 Å². The number of amides is 3. The Kier molecular flexibility index (Phi) is 14.1. The molecule has 4 heterocycles. The Morgan fingerprint density at radius 3 is 2.31 bits per heavy atom. The second-order valence-corrected chi connectivity index (χ2v) is 19.8. The number of rotatable bonds is 9. The number of halogens is 3. The molecule has 16 nitrogen and oxygen atoms in total. The molecule has 64 heavy (non-hydrogen) atoms. The minimum atomic E-state index is -5.08. The highest BCUT2D eigenvalue weighted by atomic mass is 32.2. The lowest BCUT2D eigenvalue weighted by Crippen LogP contribution is -2.58. The zero-order valence-corrected chi connectivity index (χ0v) is 37.0. The van der Waals surface area contributed by atoms with Gasteiger partial charge in [-0.3, -0.25) is 29.1 Å². The van der Waals surface area contributed by atoms with E-state index < -0.39 is 68.4 Å². The number of nitrogens with one attached hydrogen (secondary N) is 2. The van der Waals surface area contributed by atoms with E-state index in [1.165, 1.54) is 4.90 Å². The third-order valence-electron chi connectivity index (χ3n) is 12.0. The molecule has 1 saturated heterocycles. The highest BCUT2D eigenvalue weighted by molar-refractivity contribution is 7.91. The molecule has 0 radical (unpaired) electrons. The molecule has 3 aromatic rings. The van der Waals surface area contributed by atoms with Crippen molar-refractivity contribution >= 4 is 33.7 Å². The van der Waals surface area contributed by atoms with E-state index in [9.17, 15) is 36.0 Å². The molecular weight excluding hydrogens is 860 g/mol. The summed E-state index contributed by atoms with van der Waals surface area (Å²) in [6, 6.07) is 9.20. The lowest BCUT2D eigenvalue weighted by Gasteiger charge is -2.30. The van der Waals surface area contributed by atoms with Gasteiger partial charge in [-0.2, -0.15) is 13.2 Å². The van der Waals surface area contributed by atoms with Crippen molar-refractivity contribution in [3.8, 4) is 34.1 Å². The standard InChI is InChI=1S/C42H53N7O7S.C2HF3O2/c1-25(2)55-30-12-10-28(11-13-30)33-19-31(20-34(46-33)35-23-44-16-17-45-35)56-32-21-36-38(50)47-42(40(52)48-57(53,54)41(5)14-15-41)22-29(42)9-7-6-8-26(3)18-27(4)37(43)39(51)49(36)24-32;3-2(4,5)1(6)7/h7,9-13,16-17,19-20,23,25-27,29,32,36-37H,6,8,14-15,18,21-22,24,43H2,1-5H3,(H,47,50)(H,48,52);(H,6,7)/b9-7-;/t26?,27-,29-,32-,36+,37+,42-;/m1./s1. The zero-order valence-electron chi connectivity index (χ0n) is 36.2. The molecule has 0 bridgehead atoms. The Morgan fingerprint density at radius 2 is 1.70 bits per heavy atom. The number of ether oxygens (including phenoxy) is 2. The highest BCUT2D eigenvalue weighted by Gasteiger charge is 2.63. The zero-order chi connectivity index (χ0) is 46.8. The summed E-state index contributed by atoms with van der Waals surface area (Å²) in [6.07, 6.45) is 6.47. The summed E-state index contributed by atoms with van der Waals surface area (Å²) in [6.45, 7) is 9.66. The summed E-state index contributed by atoms with van der Waals surface area (Å²) in [5, 5.41) is 10.1. The van der Waals surface area contributed by atoms with E-state index in [0.717, 1.165) is 24.2 Å². The number of nitrogens with two attached hydrogens (primary N) is 1. The van der Waals surface area contributed by atoms with Crippen LogP contribution in [-0.4, -0.2) is 104 Å². The maximum Gasteiger partial charge on any atom is 0.490 e. The van der Waals surface area contributed by atoms with Crippen molar-refractivity contribution in [3.63, 3.8) is 0 Å². The molecule has 20 heteroatoms. The average molecular weight is 914 g/mol. The van der Waals surface area contributed by atoms with Crippen LogP contribution in [0.2, 0.25) is 0 Å². The number of aromatic nitrogens is 3. The van der Waals surface area contributed by atoms with Crippen molar-refractivity contribution in [2.75, 3.05) is 6.54 Å². The summed E-state index contributed by atoms with van der Waals surface area (Å²) in [5.41, 5.74) is 7.62. The lowest BCUT2D eigenvalue weighted by molar-refractivity contribution is -0.192. The molecule has 346 valence electrons. The van der Waals surface area contributed by atoms with Crippen LogP contribution in [0.5, 0.6) is 11.5 Å². The van der Waals surface area contributed by atoms with E-state index in [2.05, 4.69) is 26.9 Å². The SMILES string of the molecule is CC1CC/C=C\[C@@H]2C[C@@]2(C(=O)NS(=O)(=O)C2(C)CC2)NC(=O)[C@@H]2C[C@@H](Oc3cc(-c4ccc(OC(C)C)cc4)nc(-c4cnccn4)c3)CN2C(=O)[C@@H](N)[C@H](C)C1.O=C(O)C(F)(F)F. The number of benzene rings is 1. The van der Waals surface area contributed by atoms with Crippen LogP contribution in [0.15, 0.2) is 67.1 Å². The minimum absolute atomic E-state index is 0.0159. The van der Waals surface area contributed by atoms with Crippen molar-refractivity contribution in [1.29, 1.82) is 0 Å². The van der Waals surface area contributed by atoms with Crippen LogP contribution < -0.4 is 25.2 Å². The second-order valence-electron chi connectivity index (χ2n) is 17.6. The molecule has 3 fully saturated rings. The van der Waals surface area contributed by atoms with Crippen molar-refractivity contribution in [1.82, 2.24) is 29.9 Å². The monoisotopic (exact) mass is 913 g/mol. The van der Waals surface area contributed by atoms with Gasteiger partial charge in [-0.15, -0.1) is 0 Å². The molecule has 2 saturated carbocycles. The molecule has 7 rings (SSSR count). The molecular formula is C44H54F3N7O9S. The number of fused-ring (bicyclic) bond motifs is 2. The van der Waals surface area contributed by atoms with Gasteiger partial charge in [0, 0.05) is 42.4 Å². The van der Waals surface area contributed by atoms with Gasteiger partial charge in [0.1, 0.15) is 34.9 Å². The summed E-state index contributed by atoms with van der Waals surface area (Å²) < 4.78 is 71.8. The van der Waals surface area contributed by atoms with Crippen molar-refractivity contribution in [3.05, 3.63) is 67.1 Å².